The minimum Gasteiger partial charge on any atom is -0.368 e. The largest absolute Gasteiger partial charge is 0.368 e. The van der Waals surface area contributed by atoms with Gasteiger partial charge in [-0.3, -0.25) is 0 Å². The van der Waals surface area contributed by atoms with Crippen LogP contribution in [0.1, 0.15) is 16.7 Å². The Hall–Kier alpha value is -2.87. The summed E-state index contributed by atoms with van der Waals surface area (Å²) in [6.45, 7) is 4.01. The summed E-state index contributed by atoms with van der Waals surface area (Å²) in [6.07, 6.45) is 4.86. The van der Waals surface area contributed by atoms with Crippen molar-refractivity contribution >= 4 is 23.5 Å². The van der Waals surface area contributed by atoms with Crippen molar-refractivity contribution in [3.8, 4) is 6.07 Å². The van der Waals surface area contributed by atoms with Crippen molar-refractivity contribution in [3.63, 3.8) is 0 Å². The van der Waals surface area contributed by atoms with Crippen LogP contribution in [0, 0.1) is 25.2 Å². The van der Waals surface area contributed by atoms with E-state index in [4.69, 9.17) is 11.0 Å². The second kappa shape index (κ2) is 5.85. The zero-order valence-electron chi connectivity index (χ0n) is 11.4. The number of aryl methyl sites for hydroxylation is 2. The molecule has 5 nitrogen and oxygen atoms in total. The molecule has 0 radical (unpaired) electrons. The first-order chi connectivity index (χ1) is 9.60. The van der Waals surface area contributed by atoms with E-state index in [2.05, 4.69) is 15.3 Å². The van der Waals surface area contributed by atoms with E-state index in [-0.39, 0.29) is 5.95 Å². The van der Waals surface area contributed by atoms with Gasteiger partial charge < -0.3 is 11.1 Å². The summed E-state index contributed by atoms with van der Waals surface area (Å²) in [4.78, 5) is 7.98. The molecule has 1 aromatic heterocycles. The highest BCUT2D eigenvalue weighted by atomic mass is 15.1. The van der Waals surface area contributed by atoms with E-state index in [9.17, 15) is 0 Å². The Kier molecular flexibility index (Phi) is 3.96. The highest BCUT2D eigenvalue weighted by molar-refractivity contribution is 5.68. The summed E-state index contributed by atoms with van der Waals surface area (Å²) in [5, 5.41) is 11.8. The standard InChI is InChI=1S/C15H15N5/c1-10-8-12(4-3-6-16)9-11(2)14(10)19-13-5-7-18-15(17)20-13/h3-5,7-9H,1-2H3,(H3,17,18,19,20)/b4-3+. The van der Waals surface area contributed by atoms with Crippen molar-refractivity contribution in [1.82, 2.24) is 9.97 Å². The average molecular weight is 265 g/mol. The molecule has 0 saturated carbocycles. The van der Waals surface area contributed by atoms with Crippen molar-refractivity contribution in [2.75, 3.05) is 11.1 Å². The molecular weight excluding hydrogens is 250 g/mol. The Labute approximate surface area is 117 Å². The first kappa shape index (κ1) is 13.6. The molecule has 0 fully saturated rings. The number of allylic oxidation sites excluding steroid dienone is 1. The third-order valence-corrected chi connectivity index (χ3v) is 2.83. The number of nitriles is 1. The Bertz CT molecular complexity index is 675. The molecule has 0 amide bonds. The number of nitrogens with two attached hydrogens (primary N) is 1. The molecule has 0 atom stereocenters. The molecular formula is C15H15N5. The monoisotopic (exact) mass is 265 g/mol. The Balaban J connectivity index is 2.34. The minimum absolute atomic E-state index is 0.235. The topological polar surface area (TPSA) is 87.6 Å². The third-order valence-electron chi connectivity index (χ3n) is 2.83. The Morgan fingerprint density at radius 2 is 2.00 bits per heavy atom. The number of aromatic nitrogens is 2. The average Bonchev–Trinajstić information content (AvgIpc) is 2.40. The van der Waals surface area contributed by atoms with Crippen molar-refractivity contribution in [3.05, 3.63) is 47.2 Å². The van der Waals surface area contributed by atoms with E-state index in [1.165, 1.54) is 6.08 Å². The lowest BCUT2D eigenvalue weighted by Gasteiger charge is -2.13. The van der Waals surface area contributed by atoms with Crippen molar-refractivity contribution < 1.29 is 0 Å². The summed E-state index contributed by atoms with van der Waals surface area (Å²) in [7, 11) is 0. The van der Waals surface area contributed by atoms with Crippen LogP contribution in [0.15, 0.2) is 30.5 Å². The molecule has 3 N–H and O–H groups in total. The maximum Gasteiger partial charge on any atom is 0.221 e. The van der Waals surface area contributed by atoms with E-state index < -0.39 is 0 Å². The summed E-state index contributed by atoms with van der Waals surface area (Å²) in [6, 6.07) is 7.77. The predicted molar refractivity (Wildman–Crippen MR) is 80.3 cm³/mol. The fourth-order valence-electron chi connectivity index (χ4n) is 2.00. The first-order valence-electron chi connectivity index (χ1n) is 6.13. The quantitative estimate of drug-likeness (QED) is 0.833. The molecule has 1 heterocycles. The van der Waals surface area contributed by atoms with Gasteiger partial charge in [0.15, 0.2) is 0 Å². The van der Waals surface area contributed by atoms with Gasteiger partial charge in [0.2, 0.25) is 5.95 Å². The molecule has 0 spiro atoms. The van der Waals surface area contributed by atoms with E-state index in [1.807, 2.05) is 32.0 Å². The van der Waals surface area contributed by atoms with Crippen LogP contribution < -0.4 is 11.1 Å². The van der Waals surface area contributed by atoms with Gasteiger partial charge >= 0.3 is 0 Å². The second-order valence-corrected chi connectivity index (χ2v) is 4.42. The van der Waals surface area contributed by atoms with Crippen LogP contribution in [0.3, 0.4) is 0 Å². The number of nitrogen functional groups attached to an aromatic ring is 1. The SMILES string of the molecule is Cc1cc(/C=C/C#N)cc(C)c1Nc1ccnc(N)n1. The molecule has 2 aromatic rings. The van der Waals surface area contributed by atoms with Crippen molar-refractivity contribution in [2.24, 2.45) is 0 Å². The lowest BCUT2D eigenvalue weighted by atomic mass is 10.0. The highest BCUT2D eigenvalue weighted by Crippen LogP contribution is 2.25. The summed E-state index contributed by atoms with van der Waals surface area (Å²) in [5.41, 5.74) is 9.68. The van der Waals surface area contributed by atoms with E-state index in [0.29, 0.717) is 5.82 Å². The van der Waals surface area contributed by atoms with Crippen LogP contribution in [0.2, 0.25) is 0 Å². The molecule has 0 aliphatic heterocycles. The van der Waals surface area contributed by atoms with Crippen LogP contribution in [0.4, 0.5) is 17.5 Å². The molecule has 0 saturated heterocycles. The van der Waals surface area contributed by atoms with E-state index in [0.717, 1.165) is 22.4 Å². The molecule has 0 aliphatic carbocycles. The number of hydrogen-bond donors (Lipinski definition) is 2. The zero-order chi connectivity index (χ0) is 14.5. The number of benzene rings is 1. The molecule has 20 heavy (non-hydrogen) atoms. The lowest BCUT2D eigenvalue weighted by molar-refractivity contribution is 1.18. The summed E-state index contributed by atoms with van der Waals surface area (Å²) < 4.78 is 0. The predicted octanol–water partition coefficient (Wildman–Crippen LogP) is 2.96. The first-order valence-corrected chi connectivity index (χ1v) is 6.13. The number of rotatable bonds is 3. The van der Waals surface area contributed by atoms with Gasteiger partial charge in [-0.1, -0.05) is 0 Å². The van der Waals surface area contributed by atoms with Crippen LogP contribution in [-0.4, -0.2) is 9.97 Å². The zero-order valence-corrected chi connectivity index (χ0v) is 11.4. The van der Waals surface area contributed by atoms with Gasteiger partial charge in [0.25, 0.3) is 0 Å². The van der Waals surface area contributed by atoms with Gasteiger partial charge in [-0.2, -0.15) is 10.2 Å². The number of nitrogens with zero attached hydrogens (tertiary/aromatic N) is 3. The van der Waals surface area contributed by atoms with Crippen LogP contribution in [-0.2, 0) is 0 Å². The summed E-state index contributed by atoms with van der Waals surface area (Å²) in [5.74, 6) is 0.892. The highest BCUT2D eigenvalue weighted by Gasteiger charge is 2.05. The van der Waals surface area contributed by atoms with Crippen LogP contribution in [0.5, 0.6) is 0 Å². The molecule has 0 unspecified atom stereocenters. The molecule has 0 aliphatic rings. The van der Waals surface area contributed by atoms with Gasteiger partial charge in [0.05, 0.1) is 6.07 Å². The minimum atomic E-state index is 0.235. The molecule has 1 aromatic carbocycles. The maximum atomic E-state index is 8.57. The fraction of sp³-hybridized carbons (Fsp3) is 0.133. The smallest absolute Gasteiger partial charge is 0.221 e. The fourth-order valence-corrected chi connectivity index (χ4v) is 2.00. The second-order valence-electron chi connectivity index (χ2n) is 4.42. The molecule has 0 bridgehead atoms. The number of hydrogen-bond acceptors (Lipinski definition) is 5. The van der Waals surface area contributed by atoms with Gasteiger partial charge in [0.1, 0.15) is 5.82 Å². The normalized spacial score (nSPS) is 10.4. The maximum absolute atomic E-state index is 8.57. The van der Waals surface area contributed by atoms with E-state index >= 15 is 0 Å². The molecule has 100 valence electrons. The van der Waals surface area contributed by atoms with Crippen molar-refractivity contribution in [1.29, 1.82) is 5.26 Å². The third kappa shape index (κ3) is 3.12. The Morgan fingerprint density at radius 3 is 2.60 bits per heavy atom. The summed E-state index contributed by atoms with van der Waals surface area (Å²) >= 11 is 0. The van der Waals surface area contributed by atoms with Crippen molar-refractivity contribution in [2.45, 2.75) is 13.8 Å². The van der Waals surface area contributed by atoms with Gasteiger partial charge in [-0.05, 0) is 54.8 Å². The number of nitrogens with one attached hydrogen (secondary N) is 1. The van der Waals surface area contributed by atoms with Gasteiger partial charge in [-0.25, -0.2) is 4.98 Å². The number of anilines is 3. The van der Waals surface area contributed by atoms with Crippen LogP contribution >= 0.6 is 0 Å². The molecule has 2 rings (SSSR count). The Morgan fingerprint density at radius 1 is 1.30 bits per heavy atom. The van der Waals surface area contributed by atoms with Crippen LogP contribution in [0.25, 0.3) is 6.08 Å². The van der Waals surface area contributed by atoms with Gasteiger partial charge in [-0.15, -0.1) is 0 Å². The van der Waals surface area contributed by atoms with E-state index in [1.54, 1.807) is 18.3 Å². The lowest BCUT2D eigenvalue weighted by Crippen LogP contribution is -2.01. The molecule has 5 heteroatoms. The van der Waals surface area contributed by atoms with Gasteiger partial charge in [0, 0.05) is 18.0 Å².